The van der Waals surface area contributed by atoms with E-state index in [9.17, 15) is 9.18 Å². The summed E-state index contributed by atoms with van der Waals surface area (Å²) in [5, 5.41) is 8.90. The monoisotopic (exact) mass is 398 g/mol. The average Bonchev–Trinajstić information content (AvgIpc) is 2.70. The number of rotatable bonds is 5. The van der Waals surface area contributed by atoms with E-state index in [1.807, 2.05) is 7.11 Å². The predicted molar refractivity (Wildman–Crippen MR) is 112 cm³/mol. The molecule has 28 heavy (non-hydrogen) atoms. The largest absolute Gasteiger partial charge is 0.479 e. The van der Waals surface area contributed by atoms with E-state index in [2.05, 4.69) is 0 Å². The highest BCUT2D eigenvalue weighted by Gasteiger charge is 2.26. The number of carboxylic acids is 1. The molecule has 0 aromatic rings. The minimum Gasteiger partial charge on any atom is -0.479 e. The van der Waals surface area contributed by atoms with Gasteiger partial charge in [0.05, 0.1) is 6.10 Å². The van der Waals surface area contributed by atoms with Crippen LogP contribution in [0, 0.1) is 17.8 Å². The number of halogens is 1. The molecule has 164 valence electrons. The Labute approximate surface area is 171 Å². The Balaban J connectivity index is 1.90. The van der Waals surface area contributed by atoms with Crippen molar-refractivity contribution in [1.29, 1.82) is 0 Å². The Bertz CT molecular complexity index is 428. The number of carbonyl (C=O) groups is 1. The summed E-state index contributed by atoms with van der Waals surface area (Å²) in [6.07, 6.45) is 18.7. The molecular weight excluding hydrogens is 355 g/mol. The molecule has 0 radical (unpaired) electrons. The summed E-state index contributed by atoms with van der Waals surface area (Å²) in [4.78, 5) is 10.9. The van der Waals surface area contributed by atoms with Crippen LogP contribution in [-0.2, 0) is 9.53 Å². The van der Waals surface area contributed by atoms with Crippen LogP contribution in [0.5, 0.6) is 0 Å². The first-order chi connectivity index (χ1) is 13.6. The van der Waals surface area contributed by atoms with E-state index in [-0.39, 0.29) is 12.3 Å². The van der Waals surface area contributed by atoms with Crippen LogP contribution in [0.2, 0.25) is 0 Å². The Morgan fingerprint density at radius 2 is 1.36 bits per heavy atom. The summed E-state index contributed by atoms with van der Waals surface area (Å²) in [5.41, 5.74) is 0. The molecule has 0 aromatic heterocycles. The second-order valence-corrected chi connectivity index (χ2v) is 9.42. The number of ether oxygens (including phenoxy) is 1. The minimum absolute atomic E-state index is 0.207. The maximum Gasteiger partial charge on any atom is 0.338 e. The molecule has 0 aromatic carbocycles. The summed E-state index contributed by atoms with van der Waals surface area (Å²) >= 11 is 0. The van der Waals surface area contributed by atoms with E-state index in [0.717, 1.165) is 37.5 Å². The van der Waals surface area contributed by atoms with Crippen molar-refractivity contribution in [2.24, 2.45) is 17.8 Å². The number of aliphatic carboxylic acids is 1. The van der Waals surface area contributed by atoms with E-state index >= 15 is 0 Å². The molecule has 2 aliphatic carbocycles. The molecule has 2 rings (SSSR count). The van der Waals surface area contributed by atoms with Crippen LogP contribution < -0.4 is 0 Å². The van der Waals surface area contributed by atoms with Gasteiger partial charge in [0.15, 0.2) is 6.17 Å². The summed E-state index contributed by atoms with van der Waals surface area (Å²) in [6.45, 7) is 0. The molecule has 0 heterocycles. The zero-order chi connectivity index (χ0) is 20.2. The maximum atomic E-state index is 13.7. The van der Waals surface area contributed by atoms with E-state index in [1.165, 1.54) is 77.0 Å². The van der Waals surface area contributed by atoms with Gasteiger partial charge in [-0.2, -0.15) is 0 Å². The lowest BCUT2D eigenvalue weighted by Gasteiger charge is -2.31. The number of carboxylic acid groups (broad SMARTS) is 1. The molecule has 2 saturated carbocycles. The van der Waals surface area contributed by atoms with Gasteiger partial charge in [-0.1, -0.05) is 83.5 Å². The molecule has 0 saturated heterocycles. The van der Waals surface area contributed by atoms with Gasteiger partial charge in [0, 0.05) is 7.11 Å². The highest BCUT2D eigenvalue weighted by atomic mass is 19.1. The number of hydrogen-bond donors (Lipinski definition) is 1. The van der Waals surface area contributed by atoms with Crippen molar-refractivity contribution in [3.05, 3.63) is 0 Å². The van der Waals surface area contributed by atoms with Crippen molar-refractivity contribution in [2.45, 2.75) is 121 Å². The predicted octanol–water partition coefficient (Wildman–Crippen LogP) is 6.93. The Morgan fingerprint density at radius 1 is 0.821 bits per heavy atom. The maximum absolute atomic E-state index is 13.7. The fourth-order valence-electron chi connectivity index (χ4n) is 5.60. The van der Waals surface area contributed by atoms with Gasteiger partial charge in [-0.3, -0.25) is 0 Å². The van der Waals surface area contributed by atoms with Crippen LogP contribution in [0.25, 0.3) is 0 Å². The molecule has 1 N–H and O–H groups in total. The molecule has 0 amide bonds. The smallest absolute Gasteiger partial charge is 0.338 e. The normalized spacial score (nSPS) is 32.9. The third-order valence-corrected chi connectivity index (χ3v) is 7.39. The number of hydrogen-bond acceptors (Lipinski definition) is 2. The summed E-state index contributed by atoms with van der Waals surface area (Å²) < 4.78 is 19.4. The molecule has 0 aliphatic heterocycles. The van der Waals surface area contributed by atoms with Crippen LogP contribution in [0.1, 0.15) is 109 Å². The summed E-state index contributed by atoms with van der Waals surface area (Å²) in [7, 11) is 1.87. The Hall–Kier alpha value is -0.640. The van der Waals surface area contributed by atoms with Gasteiger partial charge >= 0.3 is 5.97 Å². The van der Waals surface area contributed by atoms with Crippen molar-refractivity contribution >= 4 is 5.97 Å². The van der Waals surface area contributed by atoms with Gasteiger partial charge in [0.1, 0.15) is 0 Å². The number of methoxy groups -OCH3 is 1. The van der Waals surface area contributed by atoms with E-state index in [0.29, 0.717) is 6.10 Å². The lowest BCUT2D eigenvalue weighted by molar-refractivity contribution is -0.143. The first kappa shape index (κ1) is 23.6. The Morgan fingerprint density at radius 3 is 2.04 bits per heavy atom. The highest BCUT2D eigenvalue weighted by molar-refractivity contribution is 5.71. The van der Waals surface area contributed by atoms with Crippen molar-refractivity contribution in [3.63, 3.8) is 0 Å². The molecule has 4 heteroatoms. The summed E-state index contributed by atoms with van der Waals surface area (Å²) in [6, 6.07) is 0. The van der Waals surface area contributed by atoms with Crippen LogP contribution in [-0.4, -0.2) is 30.5 Å². The van der Waals surface area contributed by atoms with Crippen molar-refractivity contribution < 1.29 is 19.0 Å². The van der Waals surface area contributed by atoms with Gasteiger partial charge in [-0.25, -0.2) is 9.18 Å². The zero-order valence-electron chi connectivity index (χ0n) is 18.0. The van der Waals surface area contributed by atoms with E-state index in [1.54, 1.807) is 0 Å². The first-order valence-corrected chi connectivity index (χ1v) is 12.0. The van der Waals surface area contributed by atoms with Gasteiger partial charge in [0.25, 0.3) is 0 Å². The molecular formula is C24H43FO3. The zero-order valence-corrected chi connectivity index (χ0v) is 18.0. The standard InChI is InChI=1S/C24H43FO3/c1-28-22-15-8-3-2-6-13-21(16-17-22)20-12-7-4-5-10-19(11-9-14-20)18-23(25)24(26)27/h19-23H,2-18H2,1H3,(H,26,27)/t19?,20-,21?,22?,23?/m1/s1. The van der Waals surface area contributed by atoms with Gasteiger partial charge in [-0.15, -0.1) is 0 Å². The average molecular weight is 399 g/mol. The molecule has 4 unspecified atom stereocenters. The van der Waals surface area contributed by atoms with Crippen LogP contribution >= 0.6 is 0 Å². The Kier molecular flexibility index (Phi) is 11.4. The third-order valence-electron chi connectivity index (χ3n) is 7.39. The van der Waals surface area contributed by atoms with Crippen LogP contribution in [0.3, 0.4) is 0 Å². The van der Waals surface area contributed by atoms with Crippen LogP contribution in [0.4, 0.5) is 4.39 Å². The molecule has 0 bridgehead atoms. The fourth-order valence-corrected chi connectivity index (χ4v) is 5.60. The van der Waals surface area contributed by atoms with Crippen molar-refractivity contribution in [1.82, 2.24) is 0 Å². The topological polar surface area (TPSA) is 46.5 Å². The van der Waals surface area contributed by atoms with Gasteiger partial charge in [0.2, 0.25) is 0 Å². The highest BCUT2D eigenvalue weighted by Crippen LogP contribution is 2.36. The summed E-state index contributed by atoms with van der Waals surface area (Å²) in [5.74, 6) is 0.550. The lowest BCUT2D eigenvalue weighted by atomic mass is 9.76. The second kappa shape index (κ2) is 13.6. The van der Waals surface area contributed by atoms with E-state index in [4.69, 9.17) is 9.84 Å². The molecule has 2 fully saturated rings. The van der Waals surface area contributed by atoms with Crippen molar-refractivity contribution in [3.8, 4) is 0 Å². The third kappa shape index (κ3) is 8.80. The number of alkyl halides is 1. The molecule has 2 aliphatic rings. The first-order valence-electron chi connectivity index (χ1n) is 12.0. The molecule has 5 atom stereocenters. The van der Waals surface area contributed by atoms with E-state index < -0.39 is 12.1 Å². The van der Waals surface area contributed by atoms with Crippen molar-refractivity contribution in [2.75, 3.05) is 7.11 Å². The second-order valence-electron chi connectivity index (χ2n) is 9.42. The van der Waals surface area contributed by atoms with Gasteiger partial charge < -0.3 is 9.84 Å². The molecule has 3 nitrogen and oxygen atoms in total. The molecule has 0 spiro atoms. The minimum atomic E-state index is -1.69. The SMILES string of the molecule is COC1CCCCCCC([C@@H]2CCCCCC(CC(F)C(=O)O)CCC2)CC1. The van der Waals surface area contributed by atoms with Gasteiger partial charge in [-0.05, 0) is 43.4 Å². The fraction of sp³-hybridized carbons (Fsp3) is 0.958. The lowest BCUT2D eigenvalue weighted by Crippen LogP contribution is -2.22. The van der Waals surface area contributed by atoms with Crippen LogP contribution in [0.15, 0.2) is 0 Å². The quantitative estimate of drug-likeness (QED) is 0.546.